The lowest BCUT2D eigenvalue weighted by molar-refractivity contribution is -0.207. The Hall–Kier alpha value is -1.10. The lowest BCUT2D eigenvalue weighted by Crippen LogP contribution is -2.62. The van der Waals surface area contributed by atoms with Gasteiger partial charge in [0.1, 0.15) is 0 Å². The molecule has 5 heteroatoms. The zero-order valence-electron chi connectivity index (χ0n) is 13.7. The van der Waals surface area contributed by atoms with Crippen molar-refractivity contribution in [2.24, 2.45) is 5.41 Å². The number of amides is 1. The standard InChI is InChI=1S/C18H24ClNO3/c1-3-23-16-11-15(21)18(16)7-9-20(10-8-18)17(22)13-5-4-6-14(19)12(13)2/h4-6,15-16,21H,3,7-11H2,1-2H3/t15-,16-/m1/s1. The molecule has 2 fully saturated rings. The molecule has 2 aliphatic rings. The number of aliphatic hydroxyl groups excluding tert-OH is 1. The van der Waals surface area contributed by atoms with Gasteiger partial charge in [-0.25, -0.2) is 0 Å². The molecule has 1 aromatic rings. The van der Waals surface area contributed by atoms with E-state index in [0.717, 1.165) is 24.8 Å². The van der Waals surface area contributed by atoms with Crippen molar-refractivity contribution in [2.75, 3.05) is 19.7 Å². The van der Waals surface area contributed by atoms with Gasteiger partial charge in [-0.1, -0.05) is 17.7 Å². The van der Waals surface area contributed by atoms with Gasteiger partial charge >= 0.3 is 0 Å². The highest BCUT2D eigenvalue weighted by Gasteiger charge is 2.56. The van der Waals surface area contributed by atoms with Gasteiger partial charge in [-0.2, -0.15) is 0 Å². The summed E-state index contributed by atoms with van der Waals surface area (Å²) in [5.41, 5.74) is 1.34. The molecule has 1 N–H and O–H groups in total. The van der Waals surface area contributed by atoms with Crippen LogP contribution in [0, 0.1) is 12.3 Å². The Bertz CT molecular complexity index is 594. The Morgan fingerprint density at radius 1 is 1.43 bits per heavy atom. The van der Waals surface area contributed by atoms with Gasteiger partial charge in [-0.05, 0) is 44.4 Å². The SMILES string of the molecule is CCO[C@@H]1C[C@@H](O)C12CCN(C(=O)c1cccc(Cl)c1C)CC2. The highest BCUT2D eigenvalue weighted by atomic mass is 35.5. The summed E-state index contributed by atoms with van der Waals surface area (Å²) < 4.78 is 5.78. The number of halogens is 1. The number of carbonyl (C=O) groups is 1. The number of ether oxygens (including phenoxy) is 1. The summed E-state index contributed by atoms with van der Waals surface area (Å²) in [5.74, 6) is 0.0293. The molecule has 1 saturated heterocycles. The van der Waals surface area contributed by atoms with E-state index < -0.39 is 0 Å². The molecule has 2 atom stereocenters. The molecular weight excluding hydrogens is 314 g/mol. The molecule has 0 radical (unpaired) electrons. The van der Waals surface area contributed by atoms with Gasteiger partial charge in [0.15, 0.2) is 0 Å². The van der Waals surface area contributed by atoms with Crippen LogP contribution in [0.5, 0.6) is 0 Å². The first-order valence-corrected chi connectivity index (χ1v) is 8.71. The highest BCUT2D eigenvalue weighted by Crippen LogP contribution is 2.51. The van der Waals surface area contributed by atoms with Gasteiger partial charge in [-0.3, -0.25) is 4.79 Å². The third kappa shape index (κ3) is 2.77. The van der Waals surface area contributed by atoms with E-state index in [1.807, 2.05) is 30.9 Å². The van der Waals surface area contributed by atoms with Crippen molar-refractivity contribution in [3.8, 4) is 0 Å². The largest absolute Gasteiger partial charge is 0.392 e. The Morgan fingerprint density at radius 3 is 2.74 bits per heavy atom. The van der Waals surface area contributed by atoms with Gasteiger partial charge in [0.25, 0.3) is 5.91 Å². The second-order valence-corrected chi connectivity index (χ2v) is 7.04. The summed E-state index contributed by atoms with van der Waals surface area (Å²) in [5, 5.41) is 10.9. The first kappa shape index (κ1) is 16.7. The van der Waals surface area contributed by atoms with Crippen LogP contribution in [-0.4, -0.2) is 47.8 Å². The van der Waals surface area contributed by atoms with Crippen molar-refractivity contribution < 1.29 is 14.6 Å². The van der Waals surface area contributed by atoms with E-state index in [4.69, 9.17) is 16.3 Å². The van der Waals surface area contributed by atoms with Crippen LogP contribution in [-0.2, 0) is 4.74 Å². The third-order valence-electron chi connectivity index (χ3n) is 5.59. The number of nitrogens with zero attached hydrogens (tertiary/aromatic N) is 1. The Balaban J connectivity index is 1.69. The van der Waals surface area contributed by atoms with E-state index in [1.165, 1.54) is 0 Å². The molecule has 3 rings (SSSR count). The van der Waals surface area contributed by atoms with Crippen LogP contribution >= 0.6 is 11.6 Å². The first-order chi connectivity index (χ1) is 11.0. The number of rotatable bonds is 3. The normalized spacial score (nSPS) is 26.2. The number of piperidine rings is 1. The fourth-order valence-corrected chi connectivity index (χ4v) is 4.13. The zero-order valence-corrected chi connectivity index (χ0v) is 14.5. The Labute approximate surface area is 142 Å². The summed E-state index contributed by atoms with van der Waals surface area (Å²) in [4.78, 5) is 14.6. The molecule has 126 valence electrons. The molecule has 0 aromatic heterocycles. The highest BCUT2D eigenvalue weighted by molar-refractivity contribution is 6.31. The summed E-state index contributed by atoms with van der Waals surface area (Å²) in [6.45, 7) is 5.85. The number of hydrogen-bond donors (Lipinski definition) is 1. The molecule has 1 amide bonds. The second kappa shape index (κ2) is 6.42. The smallest absolute Gasteiger partial charge is 0.254 e. The minimum absolute atomic E-state index is 0.0293. The van der Waals surface area contributed by atoms with Crippen LogP contribution in [0.3, 0.4) is 0 Å². The number of likely N-dealkylation sites (tertiary alicyclic amines) is 1. The zero-order chi connectivity index (χ0) is 16.6. The number of aliphatic hydroxyl groups is 1. The van der Waals surface area contributed by atoms with E-state index in [2.05, 4.69) is 0 Å². The second-order valence-electron chi connectivity index (χ2n) is 6.63. The molecule has 23 heavy (non-hydrogen) atoms. The summed E-state index contributed by atoms with van der Waals surface area (Å²) in [6.07, 6.45) is 2.14. The molecule has 1 aliphatic carbocycles. The van der Waals surface area contributed by atoms with E-state index in [-0.39, 0.29) is 23.5 Å². The van der Waals surface area contributed by atoms with E-state index in [1.54, 1.807) is 6.07 Å². The van der Waals surface area contributed by atoms with Gasteiger partial charge in [0.2, 0.25) is 0 Å². The molecular formula is C18H24ClNO3. The molecule has 1 heterocycles. The van der Waals surface area contributed by atoms with Crippen LogP contribution in [0.15, 0.2) is 18.2 Å². The third-order valence-corrected chi connectivity index (χ3v) is 6.00. The van der Waals surface area contributed by atoms with Crippen LogP contribution in [0.2, 0.25) is 5.02 Å². The van der Waals surface area contributed by atoms with Crippen LogP contribution < -0.4 is 0 Å². The van der Waals surface area contributed by atoms with E-state index in [9.17, 15) is 9.90 Å². The fourth-order valence-electron chi connectivity index (χ4n) is 3.95. The maximum absolute atomic E-state index is 12.8. The van der Waals surface area contributed by atoms with Gasteiger partial charge < -0.3 is 14.7 Å². The average Bonchev–Trinajstić information content (AvgIpc) is 2.57. The van der Waals surface area contributed by atoms with Crippen LogP contribution in [0.25, 0.3) is 0 Å². The van der Waals surface area contributed by atoms with Crippen molar-refractivity contribution in [2.45, 2.75) is 45.3 Å². The summed E-state index contributed by atoms with van der Waals surface area (Å²) in [6, 6.07) is 5.44. The fraction of sp³-hybridized carbons (Fsp3) is 0.611. The minimum atomic E-state index is -0.302. The predicted octanol–water partition coefficient (Wildman–Crippen LogP) is 3.04. The van der Waals surface area contributed by atoms with Crippen molar-refractivity contribution >= 4 is 17.5 Å². The van der Waals surface area contributed by atoms with Crippen molar-refractivity contribution in [3.63, 3.8) is 0 Å². The Kier molecular flexibility index (Phi) is 4.68. The van der Waals surface area contributed by atoms with Gasteiger partial charge in [0, 0.05) is 42.1 Å². The summed E-state index contributed by atoms with van der Waals surface area (Å²) in [7, 11) is 0. The van der Waals surface area contributed by atoms with Crippen LogP contribution in [0.4, 0.5) is 0 Å². The quantitative estimate of drug-likeness (QED) is 0.922. The van der Waals surface area contributed by atoms with E-state index in [0.29, 0.717) is 30.3 Å². The number of benzene rings is 1. The molecule has 4 nitrogen and oxygen atoms in total. The van der Waals surface area contributed by atoms with Crippen molar-refractivity contribution in [1.29, 1.82) is 0 Å². The average molecular weight is 338 g/mol. The lowest BCUT2D eigenvalue weighted by atomic mass is 9.58. The monoisotopic (exact) mass is 337 g/mol. The molecule has 1 saturated carbocycles. The van der Waals surface area contributed by atoms with Gasteiger partial charge in [-0.15, -0.1) is 0 Å². The maximum Gasteiger partial charge on any atom is 0.254 e. The van der Waals surface area contributed by atoms with Gasteiger partial charge in [0.05, 0.1) is 12.2 Å². The van der Waals surface area contributed by atoms with E-state index >= 15 is 0 Å². The molecule has 0 unspecified atom stereocenters. The maximum atomic E-state index is 12.8. The molecule has 1 aromatic carbocycles. The lowest BCUT2D eigenvalue weighted by Gasteiger charge is -2.56. The number of hydrogen-bond acceptors (Lipinski definition) is 3. The number of carbonyl (C=O) groups excluding carboxylic acids is 1. The first-order valence-electron chi connectivity index (χ1n) is 8.33. The predicted molar refractivity (Wildman–Crippen MR) is 89.8 cm³/mol. The molecule has 0 bridgehead atoms. The Morgan fingerprint density at radius 2 is 2.13 bits per heavy atom. The van der Waals surface area contributed by atoms with Crippen molar-refractivity contribution in [3.05, 3.63) is 34.3 Å². The minimum Gasteiger partial charge on any atom is -0.392 e. The topological polar surface area (TPSA) is 49.8 Å². The van der Waals surface area contributed by atoms with Crippen molar-refractivity contribution in [1.82, 2.24) is 4.90 Å². The molecule has 1 aliphatic heterocycles. The summed E-state index contributed by atoms with van der Waals surface area (Å²) >= 11 is 6.13. The van der Waals surface area contributed by atoms with Crippen LogP contribution in [0.1, 0.15) is 42.1 Å². The molecule has 1 spiro atoms.